The lowest BCUT2D eigenvalue weighted by atomic mass is 10.0. The first-order valence-electron chi connectivity index (χ1n) is 37.2. The van der Waals surface area contributed by atoms with Crippen LogP contribution < -0.4 is 5.32 Å². The molecule has 0 aliphatic rings. The Morgan fingerprint density at radius 1 is 0.396 bits per heavy atom. The van der Waals surface area contributed by atoms with Gasteiger partial charge in [0.15, 0.2) is 0 Å². The van der Waals surface area contributed by atoms with Gasteiger partial charge in [-0.2, -0.15) is 0 Å². The molecule has 3 unspecified atom stereocenters. The summed E-state index contributed by atoms with van der Waals surface area (Å²) in [5.74, 6) is -0.522. The molecule has 0 aliphatic carbocycles. The van der Waals surface area contributed by atoms with Gasteiger partial charge in [0.2, 0.25) is 5.91 Å². The van der Waals surface area contributed by atoms with Crippen molar-refractivity contribution in [2.75, 3.05) is 40.9 Å². The van der Waals surface area contributed by atoms with Crippen molar-refractivity contribution in [1.82, 2.24) is 5.32 Å². The maximum atomic E-state index is 13.6. The molecule has 3 atom stereocenters. The summed E-state index contributed by atoms with van der Waals surface area (Å²) in [5.41, 5.74) is 0. The van der Waals surface area contributed by atoms with Gasteiger partial charge in [-0.1, -0.05) is 308 Å². The molecule has 10 heteroatoms. The second-order valence-electron chi connectivity index (χ2n) is 25.7. The fourth-order valence-electron chi connectivity index (χ4n) is 10.1. The predicted octanol–water partition coefficient (Wildman–Crippen LogP) is 24.1. The van der Waals surface area contributed by atoms with E-state index < -0.39 is 20.0 Å². The number of allylic oxidation sites excluding steroid dienone is 23. The number of carbonyl (C=O) groups excluding carboxylic acids is 2. The van der Waals surface area contributed by atoms with Crippen molar-refractivity contribution < 1.29 is 37.3 Å². The van der Waals surface area contributed by atoms with Crippen molar-refractivity contribution in [1.29, 1.82) is 0 Å². The van der Waals surface area contributed by atoms with E-state index in [4.69, 9.17) is 13.8 Å². The zero-order valence-electron chi connectivity index (χ0n) is 59.5. The number of likely N-dealkylation sites (N-methyl/N-ethyl adjacent to an activating group) is 1. The predicted molar refractivity (Wildman–Crippen MR) is 396 cm³/mol. The molecule has 2 N–H and O–H groups in total. The van der Waals surface area contributed by atoms with E-state index in [1.807, 2.05) is 33.3 Å². The Morgan fingerprint density at radius 3 is 1.05 bits per heavy atom. The Labute approximate surface area is 561 Å². The molecular formula is C81H140N2O7P+. The smallest absolute Gasteiger partial charge is 0.456 e. The zero-order chi connectivity index (χ0) is 66.3. The van der Waals surface area contributed by atoms with Gasteiger partial charge in [-0.3, -0.25) is 18.6 Å². The molecule has 0 radical (unpaired) electrons. The van der Waals surface area contributed by atoms with Crippen LogP contribution in [0.15, 0.2) is 146 Å². The minimum absolute atomic E-state index is 0.0309. The van der Waals surface area contributed by atoms with Crippen molar-refractivity contribution in [3.63, 3.8) is 0 Å². The fraction of sp³-hybridized carbons (Fsp3) is 0.679. The maximum absolute atomic E-state index is 13.6. The summed E-state index contributed by atoms with van der Waals surface area (Å²) in [5, 5.41) is 3.06. The SMILES string of the molecule is CC/C=C\C/C=C\C/C=C\C/C=C\C/C=C\C/C=C\CCCCCCCCCCC(=O)NC(COP(=O)(O)OCC[N+](C)(C)C)C(/C=C/CCCCCCCCCCC)OC(=O)CCCCCCCCCCCCC/C=C\C/C=C\C/C=C\C/C=C\C/C=C\CC. The van der Waals surface area contributed by atoms with Crippen LogP contribution in [0.1, 0.15) is 303 Å². The zero-order valence-corrected chi connectivity index (χ0v) is 60.4. The van der Waals surface area contributed by atoms with Crippen LogP contribution in [0.2, 0.25) is 0 Å². The Morgan fingerprint density at radius 2 is 0.703 bits per heavy atom. The van der Waals surface area contributed by atoms with Gasteiger partial charge >= 0.3 is 13.8 Å². The van der Waals surface area contributed by atoms with Crippen LogP contribution in [-0.4, -0.2) is 74.3 Å². The summed E-state index contributed by atoms with van der Waals surface area (Å²) in [7, 11) is 1.47. The summed E-state index contributed by atoms with van der Waals surface area (Å²) < 4.78 is 30.8. The average Bonchev–Trinajstić information content (AvgIpc) is 3.08. The number of unbranched alkanes of at least 4 members (excludes halogenated alkanes) is 28. The van der Waals surface area contributed by atoms with Crippen molar-refractivity contribution in [2.24, 2.45) is 0 Å². The maximum Gasteiger partial charge on any atom is 0.472 e. The van der Waals surface area contributed by atoms with Crippen LogP contribution >= 0.6 is 7.82 Å². The van der Waals surface area contributed by atoms with Crippen molar-refractivity contribution in [3.8, 4) is 0 Å². The average molecular weight is 1280 g/mol. The lowest BCUT2D eigenvalue weighted by molar-refractivity contribution is -0.870. The molecule has 0 bridgehead atoms. The number of esters is 1. The third-order valence-corrected chi connectivity index (χ3v) is 16.8. The monoisotopic (exact) mass is 1280 g/mol. The molecule has 0 aromatic carbocycles. The molecule has 0 heterocycles. The quantitative estimate of drug-likeness (QED) is 0.0205. The lowest BCUT2D eigenvalue weighted by Crippen LogP contribution is -2.47. The minimum atomic E-state index is -4.47. The van der Waals surface area contributed by atoms with E-state index in [2.05, 4.69) is 160 Å². The largest absolute Gasteiger partial charge is 0.472 e. The minimum Gasteiger partial charge on any atom is -0.456 e. The number of hydrogen-bond donors (Lipinski definition) is 2. The second-order valence-corrected chi connectivity index (χ2v) is 27.2. The highest BCUT2D eigenvalue weighted by Crippen LogP contribution is 2.43. The van der Waals surface area contributed by atoms with E-state index in [-0.39, 0.29) is 31.5 Å². The molecule has 91 heavy (non-hydrogen) atoms. The van der Waals surface area contributed by atoms with E-state index in [1.54, 1.807) is 0 Å². The molecule has 0 spiro atoms. The van der Waals surface area contributed by atoms with E-state index in [1.165, 1.54) is 128 Å². The molecule has 0 aromatic heterocycles. The van der Waals surface area contributed by atoms with Crippen molar-refractivity contribution in [3.05, 3.63) is 146 Å². The highest BCUT2D eigenvalue weighted by molar-refractivity contribution is 7.47. The molecule has 0 saturated carbocycles. The van der Waals surface area contributed by atoms with Crippen LogP contribution in [0, 0.1) is 0 Å². The number of phosphoric ester groups is 1. The molecule has 9 nitrogen and oxygen atoms in total. The number of ether oxygens (including phenoxy) is 1. The topological polar surface area (TPSA) is 111 Å². The van der Waals surface area contributed by atoms with Crippen LogP contribution in [0.5, 0.6) is 0 Å². The Bertz CT molecular complexity index is 2070. The summed E-state index contributed by atoms with van der Waals surface area (Å²) in [6.07, 6.45) is 100. The van der Waals surface area contributed by atoms with Crippen LogP contribution in [-0.2, 0) is 27.9 Å². The van der Waals surface area contributed by atoms with Gasteiger partial charge in [-0.15, -0.1) is 0 Å². The summed E-state index contributed by atoms with van der Waals surface area (Å²) in [4.78, 5) is 38.0. The first-order chi connectivity index (χ1) is 44.4. The van der Waals surface area contributed by atoms with Crippen LogP contribution in [0.3, 0.4) is 0 Å². The van der Waals surface area contributed by atoms with Gasteiger partial charge in [0.1, 0.15) is 19.3 Å². The standard InChI is InChI=1S/C81H139N2O7P/c1-7-10-13-16-19-22-25-27-29-31-33-35-37-39-41-43-45-47-49-51-53-55-58-61-64-67-70-73-80(84)82-78(77-89-91(86,87)88-76-75-83(4,5)6)79(72-69-66-63-60-57-24-21-18-15-12-9-3)90-81(85)74-71-68-65-62-59-56-54-52-50-48-46-44-42-40-38-36-34-32-30-28-26-23-20-17-14-11-8-2/h10-11,13-14,19-20,22-23,27-30,33-36,39-42,45,47,69,72,78-79H,7-9,12,15-18,21,24-26,31-32,37-38,43-44,46,48-68,70-71,73-77H2,1-6H3,(H-,82,84,86,87)/p+1/b13-10-,14-11-,22-19-,23-20-,29-27-,30-28-,35-33-,36-34-,41-39-,42-40-,47-45-,72-69+. The number of amides is 1. The van der Waals surface area contributed by atoms with Gasteiger partial charge in [0.05, 0.1) is 33.8 Å². The molecule has 0 rings (SSSR count). The van der Waals surface area contributed by atoms with Gasteiger partial charge in [0.25, 0.3) is 0 Å². The number of hydrogen-bond acceptors (Lipinski definition) is 6. The lowest BCUT2D eigenvalue weighted by Gasteiger charge is -2.27. The van der Waals surface area contributed by atoms with Gasteiger partial charge < -0.3 is 19.4 Å². The normalized spacial score (nSPS) is 14.3. The first-order valence-corrected chi connectivity index (χ1v) is 38.7. The number of nitrogens with one attached hydrogen (secondary N) is 1. The first kappa shape index (κ1) is 86.9. The molecule has 0 aromatic rings. The summed E-state index contributed by atoms with van der Waals surface area (Å²) in [6.45, 7) is 6.78. The Balaban J connectivity index is 5.01. The second kappa shape index (κ2) is 68.7. The van der Waals surface area contributed by atoms with Crippen molar-refractivity contribution in [2.45, 2.75) is 315 Å². The number of quaternary nitrogens is 1. The Hall–Kier alpha value is -4.11. The fourth-order valence-corrected chi connectivity index (χ4v) is 10.9. The van der Waals surface area contributed by atoms with E-state index in [0.717, 1.165) is 141 Å². The molecule has 0 fully saturated rings. The van der Waals surface area contributed by atoms with Gasteiger partial charge in [0, 0.05) is 12.8 Å². The molecule has 0 saturated heterocycles. The number of carbonyl (C=O) groups is 2. The highest BCUT2D eigenvalue weighted by Gasteiger charge is 2.30. The third kappa shape index (κ3) is 70.1. The highest BCUT2D eigenvalue weighted by atomic mass is 31.2. The number of nitrogens with zero attached hydrogens (tertiary/aromatic N) is 1. The van der Waals surface area contributed by atoms with Crippen LogP contribution in [0.4, 0.5) is 0 Å². The summed E-state index contributed by atoms with van der Waals surface area (Å²) >= 11 is 0. The third-order valence-electron chi connectivity index (χ3n) is 15.8. The number of phosphoric acid groups is 1. The number of rotatable bonds is 66. The molecule has 1 amide bonds. The van der Waals surface area contributed by atoms with Crippen molar-refractivity contribution >= 4 is 19.7 Å². The molecule has 0 aliphatic heterocycles. The summed E-state index contributed by atoms with van der Waals surface area (Å²) in [6, 6.07) is -0.866. The van der Waals surface area contributed by atoms with Gasteiger partial charge in [-0.25, -0.2) is 4.57 Å². The van der Waals surface area contributed by atoms with E-state index in [9.17, 15) is 19.0 Å². The van der Waals surface area contributed by atoms with E-state index >= 15 is 0 Å². The molecule has 520 valence electrons. The van der Waals surface area contributed by atoms with Crippen LogP contribution in [0.25, 0.3) is 0 Å². The van der Waals surface area contributed by atoms with E-state index in [0.29, 0.717) is 17.4 Å². The molecular weight excluding hydrogens is 1140 g/mol. The van der Waals surface area contributed by atoms with Gasteiger partial charge in [-0.05, 0) is 128 Å². The Kier molecular flexibility index (Phi) is 65.6.